The molecule has 0 unspecified atom stereocenters. The fourth-order valence-corrected chi connectivity index (χ4v) is 4.03. The second-order valence-corrected chi connectivity index (χ2v) is 8.30. The predicted octanol–water partition coefficient (Wildman–Crippen LogP) is 5.37. The lowest BCUT2D eigenvalue weighted by molar-refractivity contribution is 0.343. The SMILES string of the molecule is C=CC[C@](C)(NC(=C)N(C)C)c1ccc(C=C)c(N(C)CC2CCCC2)c1. The van der Waals surface area contributed by atoms with E-state index in [4.69, 9.17) is 0 Å². The molecule has 1 fully saturated rings. The van der Waals surface area contributed by atoms with E-state index in [9.17, 15) is 0 Å². The molecule has 1 aliphatic carbocycles. The van der Waals surface area contributed by atoms with E-state index in [-0.39, 0.29) is 5.54 Å². The maximum Gasteiger partial charge on any atom is 0.0940 e. The van der Waals surface area contributed by atoms with E-state index < -0.39 is 0 Å². The molecule has 0 spiro atoms. The molecule has 2 rings (SSSR count). The first-order chi connectivity index (χ1) is 12.8. The van der Waals surface area contributed by atoms with Crippen LogP contribution in [-0.4, -0.2) is 32.6 Å². The molecule has 1 aromatic rings. The van der Waals surface area contributed by atoms with E-state index in [0.717, 1.165) is 24.7 Å². The second kappa shape index (κ2) is 9.16. The van der Waals surface area contributed by atoms with Crippen LogP contribution in [-0.2, 0) is 5.54 Å². The molecule has 148 valence electrons. The van der Waals surface area contributed by atoms with Crippen molar-refractivity contribution in [1.29, 1.82) is 0 Å². The van der Waals surface area contributed by atoms with Crippen molar-refractivity contribution in [1.82, 2.24) is 10.2 Å². The summed E-state index contributed by atoms with van der Waals surface area (Å²) in [5.74, 6) is 1.70. The van der Waals surface area contributed by atoms with E-state index in [2.05, 4.69) is 62.1 Å². The smallest absolute Gasteiger partial charge is 0.0940 e. The first kappa shape index (κ1) is 21.1. The molecule has 0 heterocycles. The summed E-state index contributed by atoms with van der Waals surface area (Å²) in [6.07, 6.45) is 10.2. The van der Waals surface area contributed by atoms with Gasteiger partial charge in [-0.05, 0) is 49.3 Å². The Morgan fingerprint density at radius 3 is 2.44 bits per heavy atom. The summed E-state index contributed by atoms with van der Waals surface area (Å²) in [4.78, 5) is 4.41. The first-order valence-electron chi connectivity index (χ1n) is 10.0. The van der Waals surface area contributed by atoms with Crippen molar-refractivity contribution in [2.45, 2.75) is 44.6 Å². The zero-order valence-electron chi connectivity index (χ0n) is 17.7. The summed E-state index contributed by atoms with van der Waals surface area (Å²) in [6.45, 7) is 15.5. The monoisotopic (exact) mass is 367 g/mol. The van der Waals surface area contributed by atoms with Gasteiger partial charge in [-0.3, -0.25) is 0 Å². The van der Waals surface area contributed by atoms with Gasteiger partial charge < -0.3 is 15.1 Å². The van der Waals surface area contributed by atoms with Gasteiger partial charge in [0.2, 0.25) is 0 Å². The highest BCUT2D eigenvalue weighted by Gasteiger charge is 2.27. The van der Waals surface area contributed by atoms with Crippen LogP contribution >= 0.6 is 0 Å². The van der Waals surface area contributed by atoms with Gasteiger partial charge in [0.05, 0.1) is 11.4 Å². The van der Waals surface area contributed by atoms with Gasteiger partial charge in [-0.1, -0.05) is 50.3 Å². The Morgan fingerprint density at radius 2 is 1.89 bits per heavy atom. The van der Waals surface area contributed by atoms with E-state index in [1.165, 1.54) is 42.5 Å². The molecule has 1 atom stereocenters. The van der Waals surface area contributed by atoms with Crippen molar-refractivity contribution < 1.29 is 0 Å². The number of anilines is 1. The van der Waals surface area contributed by atoms with Crippen LogP contribution in [0.3, 0.4) is 0 Å². The zero-order chi connectivity index (χ0) is 20.0. The maximum atomic E-state index is 4.16. The standard InChI is InChI=1S/C24H37N3/c1-8-16-24(4,25-19(3)26(5)6)22-15-14-21(9-2)23(17-22)27(7)18-20-12-10-11-13-20/h8-9,14-15,17,20,25H,1-3,10-13,16,18H2,4-7H3/t24-/m0/s1. The van der Waals surface area contributed by atoms with Crippen molar-refractivity contribution in [3.63, 3.8) is 0 Å². The number of rotatable bonds is 10. The number of hydrogen-bond acceptors (Lipinski definition) is 3. The maximum absolute atomic E-state index is 4.16. The summed E-state index contributed by atoms with van der Waals surface area (Å²) in [6, 6.07) is 6.69. The van der Waals surface area contributed by atoms with Crippen LogP contribution in [0.4, 0.5) is 5.69 Å². The fourth-order valence-electron chi connectivity index (χ4n) is 4.03. The summed E-state index contributed by atoms with van der Waals surface area (Å²) >= 11 is 0. The number of hydrogen-bond donors (Lipinski definition) is 1. The lowest BCUT2D eigenvalue weighted by Crippen LogP contribution is -2.42. The average Bonchev–Trinajstić information content (AvgIpc) is 3.14. The van der Waals surface area contributed by atoms with Gasteiger partial charge in [-0.25, -0.2) is 0 Å². The Balaban J connectivity index is 2.35. The van der Waals surface area contributed by atoms with Gasteiger partial charge in [0, 0.05) is 33.4 Å². The van der Waals surface area contributed by atoms with Crippen molar-refractivity contribution in [2.24, 2.45) is 5.92 Å². The van der Waals surface area contributed by atoms with E-state index in [1.807, 2.05) is 31.1 Å². The van der Waals surface area contributed by atoms with Crippen molar-refractivity contribution in [3.05, 3.63) is 61.0 Å². The van der Waals surface area contributed by atoms with Crippen LogP contribution in [0.2, 0.25) is 0 Å². The highest BCUT2D eigenvalue weighted by molar-refractivity contribution is 5.68. The summed E-state index contributed by atoms with van der Waals surface area (Å²) in [5, 5.41) is 3.60. The lowest BCUT2D eigenvalue weighted by Gasteiger charge is -2.36. The van der Waals surface area contributed by atoms with E-state index in [1.54, 1.807) is 0 Å². The second-order valence-electron chi connectivity index (χ2n) is 8.30. The first-order valence-corrected chi connectivity index (χ1v) is 10.0. The van der Waals surface area contributed by atoms with Crippen LogP contribution in [0.15, 0.2) is 49.8 Å². The number of benzene rings is 1. The molecule has 0 radical (unpaired) electrons. The third-order valence-electron chi connectivity index (χ3n) is 5.82. The summed E-state index contributed by atoms with van der Waals surface area (Å²) in [5.41, 5.74) is 3.42. The third-order valence-corrected chi connectivity index (χ3v) is 5.82. The van der Waals surface area contributed by atoms with E-state index >= 15 is 0 Å². The van der Waals surface area contributed by atoms with Gasteiger partial charge in [0.1, 0.15) is 0 Å². The molecule has 1 saturated carbocycles. The molecule has 1 aromatic carbocycles. The Labute approximate surface area is 166 Å². The summed E-state index contributed by atoms with van der Waals surface area (Å²) in [7, 11) is 6.22. The van der Waals surface area contributed by atoms with Crippen LogP contribution in [0.1, 0.15) is 50.2 Å². The van der Waals surface area contributed by atoms with Gasteiger partial charge >= 0.3 is 0 Å². The molecule has 1 N–H and O–H groups in total. The average molecular weight is 368 g/mol. The Bertz CT molecular complexity index is 670. The van der Waals surface area contributed by atoms with Crippen molar-refractivity contribution >= 4 is 11.8 Å². The molecular weight excluding hydrogens is 330 g/mol. The highest BCUT2D eigenvalue weighted by Crippen LogP contribution is 2.33. The molecular formula is C24H37N3. The fraction of sp³-hybridized carbons (Fsp3) is 0.500. The van der Waals surface area contributed by atoms with Crippen molar-refractivity contribution in [2.75, 3.05) is 32.6 Å². The Kier molecular flexibility index (Phi) is 7.18. The third kappa shape index (κ3) is 5.18. The Hall–Kier alpha value is -2.16. The molecule has 0 saturated heterocycles. The molecule has 1 aliphatic rings. The minimum absolute atomic E-state index is 0.258. The minimum Gasteiger partial charge on any atom is -0.374 e. The molecule has 3 heteroatoms. The zero-order valence-corrected chi connectivity index (χ0v) is 17.7. The van der Waals surface area contributed by atoms with Crippen molar-refractivity contribution in [3.8, 4) is 0 Å². The molecule has 0 aromatic heterocycles. The number of nitrogens with zero attached hydrogens (tertiary/aromatic N) is 2. The Morgan fingerprint density at radius 1 is 1.22 bits per heavy atom. The highest BCUT2D eigenvalue weighted by atomic mass is 15.2. The van der Waals surface area contributed by atoms with Crippen LogP contribution in [0.25, 0.3) is 6.08 Å². The minimum atomic E-state index is -0.258. The van der Waals surface area contributed by atoms with Gasteiger partial charge in [-0.15, -0.1) is 6.58 Å². The molecule has 27 heavy (non-hydrogen) atoms. The molecule has 0 amide bonds. The molecule has 3 nitrogen and oxygen atoms in total. The van der Waals surface area contributed by atoms with Crippen LogP contribution in [0.5, 0.6) is 0 Å². The van der Waals surface area contributed by atoms with E-state index in [0.29, 0.717) is 0 Å². The normalized spacial score (nSPS) is 16.4. The topological polar surface area (TPSA) is 18.5 Å². The molecule has 0 bridgehead atoms. The van der Waals surface area contributed by atoms with Crippen LogP contribution < -0.4 is 10.2 Å². The van der Waals surface area contributed by atoms with Gasteiger partial charge in [0.15, 0.2) is 0 Å². The van der Waals surface area contributed by atoms with Crippen LogP contribution in [0, 0.1) is 5.92 Å². The summed E-state index contributed by atoms with van der Waals surface area (Å²) < 4.78 is 0. The predicted molar refractivity (Wildman–Crippen MR) is 120 cm³/mol. The largest absolute Gasteiger partial charge is 0.374 e. The van der Waals surface area contributed by atoms with Gasteiger partial charge in [0.25, 0.3) is 0 Å². The van der Waals surface area contributed by atoms with Gasteiger partial charge in [-0.2, -0.15) is 0 Å². The lowest BCUT2D eigenvalue weighted by atomic mass is 9.87. The molecule has 0 aliphatic heterocycles. The number of nitrogens with one attached hydrogen (secondary N) is 1. The quantitative estimate of drug-likeness (QED) is 0.561.